The van der Waals surface area contributed by atoms with Crippen LogP contribution in [0.4, 0.5) is 0 Å². The van der Waals surface area contributed by atoms with Crippen LogP contribution in [0.15, 0.2) is 34.4 Å². The summed E-state index contributed by atoms with van der Waals surface area (Å²) >= 11 is 1.13. The van der Waals surface area contributed by atoms with Crippen molar-refractivity contribution in [1.82, 2.24) is 10.3 Å². The Morgan fingerprint density at radius 1 is 1.50 bits per heavy atom. The van der Waals surface area contributed by atoms with E-state index in [-0.39, 0.29) is 11.5 Å². The number of thiazole rings is 1. The largest absolute Gasteiger partial charge is 0.491 e. The first-order valence-electron chi connectivity index (χ1n) is 6.38. The van der Waals surface area contributed by atoms with Crippen LogP contribution in [-0.2, 0) is 6.54 Å². The van der Waals surface area contributed by atoms with Crippen molar-refractivity contribution in [1.29, 1.82) is 0 Å². The number of aliphatic hydroxyl groups is 1. The van der Waals surface area contributed by atoms with Crippen LogP contribution in [0, 0.1) is 6.92 Å². The molecule has 3 N–H and O–H groups in total. The summed E-state index contributed by atoms with van der Waals surface area (Å²) < 4.78 is 5.51. The lowest BCUT2D eigenvalue weighted by atomic mass is 10.2. The van der Waals surface area contributed by atoms with Gasteiger partial charge in [-0.3, -0.25) is 4.79 Å². The lowest BCUT2D eigenvalue weighted by Gasteiger charge is -2.13. The van der Waals surface area contributed by atoms with Gasteiger partial charge in [0.2, 0.25) is 0 Å². The number of H-pyrrole nitrogens is 1. The van der Waals surface area contributed by atoms with Gasteiger partial charge in [0.25, 0.3) is 0 Å². The van der Waals surface area contributed by atoms with Crippen LogP contribution in [0.3, 0.4) is 0 Å². The van der Waals surface area contributed by atoms with E-state index in [9.17, 15) is 9.90 Å². The molecule has 6 heteroatoms. The van der Waals surface area contributed by atoms with Gasteiger partial charge in [0.1, 0.15) is 18.5 Å². The minimum atomic E-state index is -0.596. The second kappa shape index (κ2) is 7.23. The van der Waals surface area contributed by atoms with Crippen LogP contribution in [0.1, 0.15) is 11.3 Å². The molecule has 2 aromatic rings. The maximum absolute atomic E-state index is 10.9. The summed E-state index contributed by atoms with van der Waals surface area (Å²) in [5, 5.41) is 14.6. The summed E-state index contributed by atoms with van der Waals surface area (Å²) in [6.07, 6.45) is -0.596. The molecular formula is C14H18N2O3S. The van der Waals surface area contributed by atoms with E-state index in [2.05, 4.69) is 10.3 Å². The summed E-state index contributed by atoms with van der Waals surface area (Å²) in [6.45, 7) is 3.16. The number of hydrogen-bond donors (Lipinski definition) is 3. The summed E-state index contributed by atoms with van der Waals surface area (Å²) in [6, 6.07) is 7.70. The average Bonchev–Trinajstić information content (AvgIpc) is 2.82. The fourth-order valence-corrected chi connectivity index (χ4v) is 2.31. The van der Waals surface area contributed by atoms with E-state index in [1.165, 1.54) is 0 Å². The molecule has 0 aliphatic rings. The molecule has 0 bridgehead atoms. The highest BCUT2D eigenvalue weighted by molar-refractivity contribution is 7.07. The van der Waals surface area contributed by atoms with Crippen molar-refractivity contribution in [3.63, 3.8) is 0 Å². The Balaban J connectivity index is 1.67. The highest BCUT2D eigenvalue weighted by Gasteiger charge is 2.05. The highest BCUT2D eigenvalue weighted by Crippen LogP contribution is 2.12. The third-order valence-corrected chi connectivity index (χ3v) is 3.42. The molecule has 0 radical (unpaired) electrons. The van der Waals surface area contributed by atoms with Crippen LogP contribution in [0.25, 0.3) is 0 Å². The Kier molecular flexibility index (Phi) is 5.34. The summed E-state index contributed by atoms with van der Waals surface area (Å²) in [7, 11) is 0. The lowest BCUT2D eigenvalue weighted by Crippen LogP contribution is -2.31. The van der Waals surface area contributed by atoms with Gasteiger partial charge in [0.15, 0.2) is 0 Å². The number of nitrogens with one attached hydrogen (secondary N) is 2. The van der Waals surface area contributed by atoms with Gasteiger partial charge < -0.3 is 20.1 Å². The number of aromatic amines is 1. The van der Waals surface area contributed by atoms with Crippen molar-refractivity contribution in [2.45, 2.75) is 19.6 Å². The molecule has 0 aliphatic heterocycles. The van der Waals surface area contributed by atoms with Crippen LogP contribution in [0.2, 0.25) is 0 Å². The number of hydrogen-bond acceptors (Lipinski definition) is 5. The van der Waals surface area contributed by atoms with E-state index in [0.29, 0.717) is 13.1 Å². The molecular weight excluding hydrogens is 276 g/mol. The topological polar surface area (TPSA) is 74.3 Å². The van der Waals surface area contributed by atoms with Gasteiger partial charge in [-0.05, 0) is 24.6 Å². The van der Waals surface area contributed by atoms with Crippen LogP contribution < -0.4 is 14.9 Å². The zero-order valence-electron chi connectivity index (χ0n) is 11.3. The van der Waals surface area contributed by atoms with Gasteiger partial charge in [0, 0.05) is 24.2 Å². The van der Waals surface area contributed by atoms with E-state index in [0.717, 1.165) is 28.3 Å². The van der Waals surface area contributed by atoms with E-state index < -0.39 is 6.10 Å². The van der Waals surface area contributed by atoms with Crippen LogP contribution in [0.5, 0.6) is 5.75 Å². The summed E-state index contributed by atoms with van der Waals surface area (Å²) in [4.78, 5) is 13.6. The van der Waals surface area contributed by atoms with Gasteiger partial charge in [-0.15, -0.1) is 0 Å². The molecule has 1 heterocycles. The number of aromatic nitrogens is 1. The normalized spacial score (nSPS) is 12.3. The van der Waals surface area contributed by atoms with Gasteiger partial charge >= 0.3 is 4.87 Å². The number of benzene rings is 1. The first-order valence-corrected chi connectivity index (χ1v) is 7.26. The maximum Gasteiger partial charge on any atom is 0.304 e. The summed E-state index contributed by atoms with van der Waals surface area (Å²) in [5.74, 6) is 0.756. The standard InChI is InChI=1S/C14H18N2O3S/c1-10-3-2-4-13(5-10)19-8-12(17)7-15-6-11-9-20-14(18)16-11/h2-5,9,12,15,17H,6-8H2,1H3,(H,16,18). The van der Waals surface area contributed by atoms with E-state index in [4.69, 9.17) is 4.74 Å². The first-order chi connectivity index (χ1) is 9.63. The Morgan fingerprint density at radius 2 is 2.35 bits per heavy atom. The molecule has 5 nitrogen and oxygen atoms in total. The molecule has 20 heavy (non-hydrogen) atoms. The Bertz CT molecular complexity index is 594. The Hall–Kier alpha value is -1.63. The number of ether oxygens (including phenoxy) is 1. The second-order valence-electron chi connectivity index (χ2n) is 4.59. The molecule has 0 fully saturated rings. The molecule has 2 rings (SSSR count). The molecule has 0 saturated carbocycles. The number of aryl methyl sites for hydroxylation is 1. The van der Waals surface area contributed by atoms with E-state index in [1.54, 1.807) is 5.38 Å². The predicted octanol–water partition coefficient (Wildman–Crippen LogP) is 1.27. The smallest absolute Gasteiger partial charge is 0.304 e. The maximum atomic E-state index is 10.9. The van der Waals surface area contributed by atoms with Crippen molar-refractivity contribution < 1.29 is 9.84 Å². The molecule has 0 saturated heterocycles. The van der Waals surface area contributed by atoms with Gasteiger partial charge in [-0.25, -0.2) is 0 Å². The third-order valence-electron chi connectivity index (χ3n) is 2.70. The average molecular weight is 294 g/mol. The zero-order valence-corrected chi connectivity index (χ0v) is 12.1. The van der Waals surface area contributed by atoms with E-state index >= 15 is 0 Å². The first kappa shape index (κ1) is 14.8. The van der Waals surface area contributed by atoms with Crippen molar-refractivity contribution >= 4 is 11.3 Å². The SMILES string of the molecule is Cc1cccc(OCC(O)CNCc2csc(=O)[nH]2)c1. The number of aliphatic hydroxyl groups excluding tert-OH is 1. The predicted molar refractivity (Wildman–Crippen MR) is 79.3 cm³/mol. The molecule has 0 spiro atoms. The van der Waals surface area contributed by atoms with Crippen molar-refractivity contribution in [3.8, 4) is 5.75 Å². The van der Waals surface area contributed by atoms with Crippen LogP contribution in [-0.4, -0.2) is 29.3 Å². The van der Waals surface area contributed by atoms with Crippen LogP contribution >= 0.6 is 11.3 Å². The lowest BCUT2D eigenvalue weighted by molar-refractivity contribution is 0.106. The van der Waals surface area contributed by atoms with Crippen molar-refractivity contribution in [2.75, 3.05) is 13.2 Å². The Labute approximate surface area is 121 Å². The van der Waals surface area contributed by atoms with Crippen molar-refractivity contribution in [3.05, 3.63) is 50.6 Å². The Morgan fingerprint density at radius 3 is 3.05 bits per heavy atom. The molecule has 0 amide bonds. The molecule has 1 aromatic carbocycles. The van der Waals surface area contributed by atoms with Gasteiger partial charge in [0.05, 0.1) is 0 Å². The third kappa shape index (κ3) is 4.80. The van der Waals surface area contributed by atoms with E-state index in [1.807, 2.05) is 31.2 Å². The fourth-order valence-electron chi connectivity index (χ4n) is 1.73. The quantitative estimate of drug-likeness (QED) is 0.719. The van der Waals surface area contributed by atoms with Gasteiger partial charge in [-0.2, -0.15) is 0 Å². The monoisotopic (exact) mass is 294 g/mol. The highest BCUT2D eigenvalue weighted by atomic mass is 32.1. The molecule has 1 aromatic heterocycles. The fraction of sp³-hybridized carbons (Fsp3) is 0.357. The van der Waals surface area contributed by atoms with Crippen molar-refractivity contribution in [2.24, 2.45) is 0 Å². The minimum Gasteiger partial charge on any atom is -0.491 e. The second-order valence-corrected chi connectivity index (χ2v) is 5.43. The van der Waals surface area contributed by atoms with Gasteiger partial charge in [-0.1, -0.05) is 23.5 Å². The minimum absolute atomic E-state index is 0.0647. The molecule has 0 aliphatic carbocycles. The number of rotatable bonds is 7. The molecule has 1 atom stereocenters. The molecule has 1 unspecified atom stereocenters. The zero-order chi connectivity index (χ0) is 14.4. The molecule has 108 valence electrons. The summed E-state index contributed by atoms with van der Waals surface area (Å²) in [5.41, 5.74) is 1.95.